The molecule has 3 aliphatic heterocycles. The molecule has 3 aliphatic rings. The normalized spacial score (nSPS) is 22.0. The van der Waals surface area contributed by atoms with Gasteiger partial charge in [0.1, 0.15) is 0 Å². The lowest BCUT2D eigenvalue weighted by Gasteiger charge is -2.08. The summed E-state index contributed by atoms with van der Waals surface area (Å²) in [7, 11) is -3.87. The molecule has 2 N–H and O–H groups in total. The summed E-state index contributed by atoms with van der Waals surface area (Å²) < 4.78 is 19.2. The molecule has 0 aliphatic carbocycles. The maximum absolute atomic E-state index is 10.9. The molecule has 3 rings (SSSR count). The van der Waals surface area contributed by atoms with Crippen molar-refractivity contribution in [1.82, 2.24) is 0 Å². The Labute approximate surface area is 176 Å². The van der Waals surface area contributed by atoms with Crippen LogP contribution in [0.15, 0.2) is 25.4 Å². The Morgan fingerprint density at radius 2 is 1.54 bits per heavy atom. The molecule has 0 atom stereocenters. The standard InChI is InChI=1S/C12H15O3PS8/c1-17-7-8(18-4-2-3-16(13,14)15)22-11(21-7)12-23-9-10(24-12)20-6-5-19-9/h2-6H2,1H3,(H2,13,14,15). The average molecular weight is 495 g/mol. The highest BCUT2D eigenvalue weighted by Crippen LogP contribution is 2.66. The fraction of sp³-hybridized carbons (Fsp3) is 0.500. The van der Waals surface area contributed by atoms with Crippen LogP contribution in [0.5, 0.6) is 0 Å². The summed E-state index contributed by atoms with van der Waals surface area (Å²) in [6.45, 7) is 0. The van der Waals surface area contributed by atoms with E-state index in [1.807, 2.05) is 70.6 Å². The highest BCUT2D eigenvalue weighted by molar-refractivity contribution is 8.45. The zero-order chi connectivity index (χ0) is 17.2. The summed E-state index contributed by atoms with van der Waals surface area (Å²) in [5, 5.41) is 0. The van der Waals surface area contributed by atoms with Gasteiger partial charge in [0, 0.05) is 11.5 Å². The van der Waals surface area contributed by atoms with Crippen LogP contribution in [0, 0.1) is 0 Å². The first-order valence-electron chi connectivity index (χ1n) is 6.87. The van der Waals surface area contributed by atoms with Crippen LogP contribution in [-0.2, 0) is 4.57 Å². The lowest BCUT2D eigenvalue weighted by atomic mass is 10.6. The summed E-state index contributed by atoms with van der Waals surface area (Å²) in [5.41, 5.74) is 0. The van der Waals surface area contributed by atoms with Gasteiger partial charge >= 0.3 is 7.60 Å². The third-order valence-corrected chi connectivity index (χ3v) is 15.5. The molecule has 0 radical (unpaired) electrons. The van der Waals surface area contributed by atoms with Gasteiger partial charge in [-0.15, -0.1) is 47.0 Å². The molecule has 0 bridgehead atoms. The van der Waals surface area contributed by atoms with Crippen molar-refractivity contribution in [2.24, 2.45) is 0 Å². The molecular weight excluding hydrogens is 480 g/mol. The summed E-state index contributed by atoms with van der Waals surface area (Å²) in [5.74, 6) is 3.16. The second-order valence-electron chi connectivity index (χ2n) is 4.62. The van der Waals surface area contributed by atoms with Crippen molar-refractivity contribution in [2.75, 3.05) is 29.7 Å². The second-order valence-corrected chi connectivity index (χ2v) is 16.2. The van der Waals surface area contributed by atoms with Crippen LogP contribution in [0.4, 0.5) is 0 Å². The van der Waals surface area contributed by atoms with E-state index in [4.69, 9.17) is 9.79 Å². The largest absolute Gasteiger partial charge is 0.325 e. The highest BCUT2D eigenvalue weighted by Gasteiger charge is 2.31. The fourth-order valence-corrected chi connectivity index (χ4v) is 14.3. The lowest BCUT2D eigenvalue weighted by molar-refractivity contribution is 0.372. The maximum Gasteiger partial charge on any atom is 0.325 e. The van der Waals surface area contributed by atoms with Gasteiger partial charge in [0.05, 0.1) is 31.6 Å². The third-order valence-electron chi connectivity index (χ3n) is 2.80. The molecular formula is C12H15O3PS8. The van der Waals surface area contributed by atoms with E-state index in [1.54, 1.807) is 23.5 Å². The van der Waals surface area contributed by atoms with Crippen LogP contribution in [0.3, 0.4) is 0 Å². The molecule has 3 nitrogen and oxygen atoms in total. The molecule has 0 spiro atoms. The molecule has 0 aromatic rings. The van der Waals surface area contributed by atoms with Gasteiger partial charge in [0.2, 0.25) is 0 Å². The van der Waals surface area contributed by atoms with Gasteiger partial charge in [-0.25, -0.2) is 0 Å². The fourth-order valence-electron chi connectivity index (χ4n) is 1.81. The lowest BCUT2D eigenvalue weighted by Crippen LogP contribution is -1.89. The van der Waals surface area contributed by atoms with Gasteiger partial charge in [-0.2, -0.15) is 0 Å². The Hall–Kier alpha value is 2.17. The first-order chi connectivity index (χ1) is 11.5. The summed E-state index contributed by atoms with van der Waals surface area (Å²) in [6, 6.07) is 0. The number of rotatable bonds is 6. The SMILES string of the molecule is CSC1=C(SCCCP(=O)(O)O)SC(=C2SC3=C(SCCS3)S2)S1. The molecule has 3 heterocycles. The topological polar surface area (TPSA) is 57.5 Å². The van der Waals surface area contributed by atoms with Gasteiger partial charge in [0.15, 0.2) is 0 Å². The Morgan fingerprint density at radius 3 is 2.12 bits per heavy atom. The quantitative estimate of drug-likeness (QED) is 0.315. The van der Waals surface area contributed by atoms with Crippen molar-refractivity contribution in [2.45, 2.75) is 6.42 Å². The number of hydrogen-bond donors (Lipinski definition) is 2. The van der Waals surface area contributed by atoms with E-state index in [9.17, 15) is 4.57 Å². The van der Waals surface area contributed by atoms with Crippen molar-refractivity contribution in [1.29, 1.82) is 0 Å². The molecule has 134 valence electrons. The van der Waals surface area contributed by atoms with Crippen LogP contribution in [0.25, 0.3) is 0 Å². The minimum absolute atomic E-state index is 0.0234. The van der Waals surface area contributed by atoms with E-state index in [2.05, 4.69) is 6.26 Å². The zero-order valence-electron chi connectivity index (χ0n) is 12.6. The number of hydrogen-bond acceptors (Lipinski definition) is 9. The van der Waals surface area contributed by atoms with Gasteiger partial charge in [-0.3, -0.25) is 4.57 Å². The highest BCUT2D eigenvalue weighted by atomic mass is 32.3. The predicted octanol–water partition coefficient (Wildman–Crippen LogP) is 6.47. The van der Waals surface area contributed by atoms with E-state index < -0.39 is 7.60 Å². The van der Waals surface area contributed by atoms with E-state index in [0.717, 1.165) is 5.75 Å². The summed E-state index contributed by atoms with van der Waals surface area (Å²) >= 11 is 14.9. The molecule has 0 amide bonds. The summed E-state index contributed by atoms with van der Waals surface area (Å²) in [6.07, 6.45) is 2.62. The minimum Gasteiger partial charge on any atom is -0.324 e. The van der Waals surface area contributed by atoms with Gasteiger partial charge in [0.25, 0.3) is 0 Å². The third kappa shape index (κ3) is 5.83. The molecule has 0 fully saturated rings. The van der Waals surface area contributed by atoms with Crippen LogP contribution < -0.4 is 0 Å². The minimum atomic E-state index is -3.87. The number of thioether (sulfide) groups is 8. The Kier molecular flexibility index (Phi) is 8.34. The van der Waals surface area contributed by atoms with Crippen molar-refractivity contribution in [3.05, 3.63) is 25.4 Å². The average Bonchev–Trinajstić information content (AvgIpc) is 3.14. The molecule has 0 aromatic heterocycles. The predicted molar refractivity (Wildman–Crippen MR) is 124 cm³/mol. The Morgan fingerprint density at radius 1 is 0.958 bits per heavy atom. The van der Waals surface area contributed by atoms with Gasteiger partial charge in [-0.1, -0.05) is 47.0 Å². The van der Waals surface area contributed by atoms with E-state index >= 15 is 0 Å². The van der Waals surface area contributed by atoms with Gasteiger partial charge in [-0.05, 0) is 18.4 Å². The molecule has 12 heteroatoms. The van der Waals surface area contributed by atoms with E-state index in [1.165, 1.54) is 36.9 Å². The maximum atomic E-state index is 10.9. The first-order valence-corrected chi connectivity index (χ1v) is 16.1. The molecule has 0 saturated heterocycles. The second kappa shape index (κ2) is 9.58. The first kappa shape index (κ1) is 20.9. The molecule has 0 aromatic carbocycles. The van der Waals surface area contributed by atoms with Gasteiger partial charge < -0.3 is 9.79 Å². The molecule has 24 heavy (non-hydrogen) atoms. The Bertz CT molecular complexity index is 633. The van der Waals surface area contributed by atoms with Crippen molar-refractivity contribution in [3.8, 4) is 0 Å². The van der Waals surface area contributed by atoms with Crippen LogP contribution in [-0.4, -0.2) is 39.5 Å². The zero-order valence-corrected chi connectivity index (χ0v) is 20.0. The monoisotopic (exact) mass is 494 g/mol. The van der Waals surface area contributed by atoms with Crippen LogP contribution in [0.2, 0.25) is 0 Å². The smallest absolute Gasteiger partial charge is 0.324 e. The van der Waals surface area contributed by atoms with Crippen LogP contribution >= 0.6 is 102 Å². The molecule has 0 unspecified atom stereocenters. The van der Waals surface area contributed by atoms with E-state index in [-0.39, 0.29) is 6.16 Å². The Balaban J connectivity index is 1.57. The van der Waals surface area contributed by atoms with Crippen LogP contribution in [0.1, 0.15) is 6.42 Å². The van der Waals surface area contributed by atoms with Crippen molar-refractivity contribution >= 4 is 102 Å². The molecule has 0 saturated carbocycles. The van der Waals surface area contributed by atoms with E-state index in [0.29, 0.717) is 6.42 Å². The summed E-state index contributed by atoms with van der Waals surface area (Å²) in [4.78, 5) is 17.9. The van der Waals surface area contributed by atoms with Crippen molar-refractivity contribution in [3.63, 3.8) is 0 Å². The van der Waals surface area contributed by atoms with Crippen molar-refractivity contribution < 1.29 is 14.4 Å².